The number of anilines is 2. The maximum atomic E-state index is 13.0. The molecular formula is C19H28N4O2. The molecule has 3 fully saturated rings. The van der Waals surface area contributed by atoms with Crippen molar-refractivity contribution in [3.05, 3.63) is 18.3 Å². The fourth-order valence-electron chi connectivity index (χ4n) is 4.86. The van der Waals surface area contributed by atoms with Gasteiger partial charge < -0.3 is 20.7 Å². The maximum absolute atomic E-state index is 13.0. The second-order valence-corrected chi connectivity index (χ2v) is 8.18. The number of nitrogens with one attached hydrogen (secondary N) is 1. The predicted octanol–water partition coefficient (Wildman–Crippen LogP) is 2.15. The molecule has 1 aromatic rings. The van der Waals surface area contributed by atoms with Crippen molar-refractivity contribution in [1.82, 2.24) is 4.98 Å². The molecule has 3 aliphatic rings. The fraction of sp³-hybridized carbons (Fsp3) is 0.684. The average Bonchev–Trinajstić information content (AvgIpc) is 3.16. The van der Waals surface area contributed by atoms with Gasteiger partial charge in [-0.25, -0.2) is 4.98 Å². The Hall–Kier alpha value is -1.66. The summed E-state index contributed by atoms with van der Waals surface area (Å²) in [5.74, 6) is 0.940. The Morgan fingerprint density at radius 2 is 2.08 bits per heavy atom. The Labute approximate surface area is 149 Å². The molecule has 0 aromatic carbocycles. The first-order chi connectivity index (χ1) is 11.9. The van der Waals surface area contributed by atoms with Crippen molar-refractivity contribution < 1.29 is 9.53 Å². The summed E-state index contributed by atoms with van der Waals surface area (Å²) in [5.41, 5.74) is 6.07. The first-order valence-electron chi connectivity index (χ1n) is 9.37. The third-order valence-electron chi connectivity index (χ3n) is 6.50. The van der Waals surface area contributed by atoms with E-state index in [1.807, 2.05) is 26.0 Å². The van der Waals surface area contributed by atoms with Crippen molar-refractivity contribution in [2.24, 2.45) is 17.1 Å². The highest BCUT2D eigenvalue weighted by Gasteiger charge is 2.70. The molecule has 3 atom stereocenters. The summed E-state index contributed by atoms with van der Waals surface area (Å²) < 4.78 is 5.88. The number of nitrogens with zero attached hydrogens (tertiary/aromatic N) is 2. The molecular weight excluding hydrogens is 316 g/mol. The monoisotopic (exact) mass is 344 g/mol. The fourth-order valence-corrected chi connectivity index (χ4v) is 4.86. The van der Waals surface area contributed by atoms with E-state index < -0.39 is 5.54 Å². The lowest BCUT2D eigenvalue weighted by atomic mass is 9.46. The van der Waals surface area contributed by atoms with Crippen molar-refractivity contribution in [3.63, 3.8) is 0 Å². The number of amides is 1. The summed E-state index contributed by atoms with van der Waals surface area (Å²) in [5, 5.41) is 2.99. The lowest BCUT2D eigenvalue weighted by Crippen LogP contribution is -2.81. The zero-order chi connectivity index (χ0) is 17.7. The van der Waals surface area contributed by atoms with Crippen molar-refractivity contribution in [2.45, 2.75) is 51.2 Å². The number of aromatic nitrogens is 1. The molecule has 1 amide bonds. The predicted molar refractivity (Wildman–Crippen MR) is 97.5 cm³/mol. The summed E-state index contributed by atoms with van der Waals surface area (Å²) in [6.45, 7) is 6.95. The summed E-state index contributed by atoms with van der Waals surface area (Å²) in [6, 6.07) is 3.89. The quantitative estimate of drug-likeness (QED) is 0.878. The molecule has 136 valence electrons. The van der Waals surface area contributed by atoms with Crippen LogP contribution in [0.25, 0.3) is 0 Å². The first-order valence-corrected chi connectivity index (χ1v) is 9.37. The van der Waals surface area contributed by atoms with E-state index in [0.29, 0.717) is 5.69 Å². The molecule has 3 N–H and O–H groups in total. The van der Waals surface area contributed by atoms with Gasteiger partial charge in [0.05, 0.1) is 18.0 Å². The number of hydrogen-bond acceptors (Lipinski definition) is 5. The molecule has 0 spiro atoms. The van der Waals surface area contributed by atoms with E-state index in [0.717, 1.165) is 38.4 Å². The Kier molecular flexibility index (Phi) is 4.00. The van der Waals surface area contributed by atoms with Crippen molar-refractivity contribution in [1.29, 1.82) is 0 Å². The Balaban J connectivity index is 1.48. The van der Waals surface area contributed by atoms with Crippen molar-refractivity contribution in [3.8, 4) is 0 Å². The molecule has 25 heavy (non-hydrogen) atoms. The normalized spacial score (nSPS) is 33.5. The number of fused-ring (bicyclic) bond motifs is 1. The average molecular weight is 344 g/mol. The van der Waals surface area contributed by atoms with Gasteiger partial charge in [0.1, 0.15) is 11.4 Å². The summed E-state index contributed by atoms with van der Waals surface area (Å²) in [4.78, 5) is 19.8. The van der Waals surface area contributed by atoms with Gasteiger partial charge in [-0.3, -0.25) is 4.79 Å². The SMILES string of the molecule is CC1(C)C2OCCCC2C1(N)C(=O)Nc1ccc(N2CCCC2)nc1. The molecule has 0 radical (unpaired) electrons. The van der Waals surface area contributed by atoms with Gasteiger partial charge in [-0.1, -0.05) is 13.8 Å². The largest absolute Gasteiger partial charge is 0.377 e. The topological polar surface area (TPSA) is 80.5 Å². The van der Waals surface area contributed by atoms with Crippen molar-refractivity contribution >= 4 is 17.4 Å². The molecule has 2 saturated heterocycles. The number of nitrogens with two attached hydrogens (primary N) is 1. The van der Waals surface area contributed by atoms with Crippen LogP contribution in [0.5, 0.6) is 0 Å². The Morgan fingerprint density at radius 1 is 1.32 bits per heavy atom. The highest BCUT2D eigenvalue weighted by Crippen LogP contribution is 2.57. The first kappa shape index (κ1) is 16.8. The molecule has 6 nitrogen and oxygen atoms in total. The molecule has 0 bridgehead atoms. The molecule has 3 heterocycles. The van der Waals surface area contributed by atoms with Crippen LogP contribution in [-0.4, -0.2) is 42.2 Å². The van der Waals surface area contributed by atoms with E-state index in [9.17, 15) is 4.79 Å². The van der Waals surface area contributed by atoms with Gasteiger partial charge in [-0.2, -0.15) is 0 Å². The molecule has 6 heteroatoms. The Morgan fingerprint density at radius 3 is 2.76 bits per heavy atom. The molecule has 4 rings (SSSR count). The number of pyridine rings is 1. The van der Waals surface area contributed by atoms with E-state index in [4.69, 9.17) is 10.5 Å². The van der Waals surface area contributed by atoms with E-state index in [-0.39, 0.29) is 23.3 Å². The number of carbonyl (C=O) groups excluding carboxylic acids is 1. The smallest absolute Gasteiger partial charge is 0.245 e. The highest BCUT2D eigenvalue weighted by molar-refractivity contribution is 6.00. The number of carbonyl (C=O) groups is 1. The minimum Gasteiger partial charge on any atom is -0.377 e. The van der Waals surface area contributed by atoms with Gasteiger partial charge in [0.25, 0.3) is 0 Å². The van der Waals surface area contributed by atoms with Gasteiger partial charge in [0, 0.05) is 31.0 Å². The second kappa shape index (κ2) is 5.95. The summed E-state index contributed by atoms with van der Waals surface area (Å²) in [6.07, 6.45) is 6.16. The van der Waals surface area contributed by atoms with Crippen LogP contribution in [0.15, 0.2) is 18.3 Å². The molecule has 1 aliphatic carbocycles. The summed E-state index contributed by atoms with van der Waals surface area (Å²) >= 11 is 0. The van der Waals surface area contributed by atoms with Crippen LogP contribution in [0.2, 0.25) is 0 Å². The van der Waals surface area contributed by atoms with E-state index >= 15 is 0 Å². The zero-order valence-corrected chi connectivity index (χ0v) is 15.1. The van der Waals surface area contributed by atoms with Crippen LogP contribution < -0.4 is 16.0 Å². The Bertz CT molecular complexity index is 654. The number of ether oxygens (including phenoxy) is 1. The maximum Gasteiger partial charge on any atom is 0.245 e. The lowest BCUT2D eigenvalue weighted by Gasteiger charge is -2.65. The third kappa shape index (κ3) is 2.46. The second-order valence-electron chi connectivity index (χ2n) is 8.18. The minimum absolute atomic E-state index is 0.0765. The number of rotatable bonds is 3. The van der Waals surface area contributed by atoms with Gasteiger partial charge in [0.2, 0.25) is 5.91 Å². The molecule has 3 unspecified atom stereocenters. The van der Waals surface area contributed by atoms with Crippen LogP contribution in [0.1, 0.15) is 39.5 Å². The highest BCUT2D eigenvalue weighted by atomic mass is 16.5. The van der Waals surface area contributed by atoms with Crippen LogP contribution in [0.3, 0.4) is 0 Å². The standard InChI is InChI=1S/C19H28N4O2/c1-18(2)16-14(6-5-11-25-16)19(18,20)17(24)22-13-7-8-15(21-12-13)23-9-3-4-10-23/h7-8,12,14,16H,3-6,9-11,20H2,1-2H3,(H,22,24). The minimum atomic E-state index is -0.897. The molecule has 1 saturated carbocycles. The van der Waals surface area contributed by atoms with Crippen LogP contribution in [-0.2, 0) is 9.53 Å². The van der Waals surface area contributed by atoms with E-state index in [2.05, 4.69) is 15.2 Å². The lowest BCUT2D eigenvalue weighted by molar-refractivity contribution is -0.222. The molecule has 2 aliphatic heterocycles. The third-order valence-corrected chi connectivity index (χ3v) is 6.50. The molecule has 1 aromatic heterocycles. The van der Waals surface area contributed by atoms with Crippen LogP contribution in [0.4, 0.5) is 11.5 Å². The van der Waals surface area contributed by atoms with Gasteiger partial charge in [0.15, 0.2) is 0 Å². The van der Waals surface area contributed by atoms with Crippen molar-refractivity contribution in [2.75, 3.05) is 29.9 Å². The number of hydrogen-bond donors (Lipinski definition) is 2. The van der Waals surface area contributed by atoms with Gasteiger partial charge in [-0.15, -0.1) is 0 Å². The van der Waals surface area contributed by atoms with Gasteiger partial charge >= 0.3 is 0 Å². The zero-order valence-electron chi connectivity index (χ0n) is 15.1. The van der Waals surface area contributed by atoms with E-state index in [1.54, 1.807) is 6.20 Å². The summed E-state index contributed by atoms with van der Waals surface area (Å²) in [7, 11) is 0. The van der Waals surface area contributed by atoms with Crippen LogP contribution >= 0.6 is 0 Å². The van der Waals surface area contributed by atoms with Gasteiger partial charge in [-0.05, 0) is 37.8 Å². The van der Waals surface area contributed by atoms with Crippen LogP contribution in [0, 0.1) is 11.3 Å². The van der Waals surface area contributed by atoms with E-state index in [1.165, 1.54) is 12.8 Å².